The molecule has 316 valence electrons. The van der Waals surface area contributed by atoms with E-state index in [-0.39, 0.29) is 10.8 Å². The number of fused-ring (bicyclic) bond motifs is 11. The lowest BCUT2D eigenvalue weighted by molar-refractivity contribution is 0.0426. The Morgan fingerprint density at radius 1 is 0.492 bits per heavy atom. The number of benzene rings is 8. The van der Waals surface area contributed by atoms with E-state index in [4.69, 9.17) is 0 Å². The molecule has 2 nitrogen and oxygen atoms in total. The minimum absolute atomic E-state index is 0.0850. The van der Waals surface area contributed by atoms with Gasteiger partial charge in [-0.2, -0.15) is 5.26 Å². The third-order valence-electron chi connectivity index (χ3n) is 16.2. The van der Waals surface area contributed by atoms with Crippen LogP contribution in [0, 0.1) is 35.0 Å². The Kier molecular flexibility index (Phi) is 9.19. The fourth-order valence-electron chi connectivity index (χ4n) is 13.6. The molecule has 0 aromatic heterocycles. The van der Waals surface area contributed by atoms with Crippen molar-refractivity contribution >= 4 is 17.1 Å². The topological polar surface area (TPSA) is 27.0 Å². The molecule has 4 aliphatic rings. The summed E-state index contributed by atoms with van der Waals surface area (Å²) >= 11 is 0. The highest BCUT2D eigenvalue weighted by atomic mass is 15.1. The van der Waals surface area contributed by atoms with Crippen LogP contribution < -0.4 is 4.90 Å². The van der Waals surface area contributed by atoms with Crippen LogP contribution in [0.3, 0.4) is 0 Å². The number of hydrogen-bond donors (Lipinski definition) is 0. The summed E-state index contributed by atoms with van der Waals surface area (Å²) in [6.45, 7) is 9.93. The van der Waals surface area contributed by atoms with E-state index in [0.29, 0.717) is 17.4 Å². The second-order valence-electron chi connectivity index (χ2n) is 20.2. The fraction of sp³-hybridized carbons (Fsp3) is 0.222. The molecule has 2 heteroatoms. The normalized spacial score (nSPS) is 21.8. The molecular weight excluding hydrogens is 785 g/mol. The second kappa shape index (κ2) is 15.1. The number of rotatable bonds is 6. The molecular formula is C63H54N2. The lowest BCUT2D eigenvalue weighted by atomic mass is 9.49. The van der Waals surface area contributed by atoms with Crippen molar-refractivity contribution in [2.45, 2.75) is 64.2 Å². The van der Waals surface area contributed by atoms with E-state index in [0.717, 1.165) is 34.3 Å². The Bertz CT molecular complexity index is 3170. The van der Waals surface area contributed by atoms with Crippen molar-refractivity contribution in [3.8, 4) is 61.7 Å². The lowest BCUT2D eigenvalue weighted by Crippen LogP contribution is -2.49. The summed E-state index contributed by atoms with van der Waals surface area (Å²) < 4.78 is 0. The van der Waals surface area contributed by atoms with Crippen molar-refractivity contribution in [1.82, 2.24) is 0 Å². The van der Waals surface area contributed by atoms with E-state index in [9.17, 15) is 5.26 Å². The minimum atomic E-state index is -0.247. The van der Waals surface area contributed by atoms with E-state index in [1.807, 2.05) is 24.3 Å². The van der Waals surface area contributed by atoms with Gasteiger partial charge in [0.1, 0.15) is 0 Å². The first-order chi connectivity index (χ1) is 31.7. The Morgan fingerprint density at radius 2 is 1.06 bits per heavy atom. The maximum atomic E-state index is 9.42. The molecule has 5 unspecified atom stereocenters. The van der Waals surface area contributed by atoms with Gasteiger partial charge < -0.3 is 4.90 Å². The number of nitriles is 1. The highest BCUT2D eigenvalue weighted by molar-refractivity contribution is 5.98. The van der Waals surface area contributed by atoms with E-state index < -0.39 is 0 Å². The van der Waals surface area contributed by atoms with Gasteiger partial charge in [-0.15, -0.1) is 0 Å². The van der Waals surface area contributed by atoms with Gasteiger partial charge in [-0.1, -0.05) is 161 Å². The first-order valence-electron chi connectivity index (χ1n) is 23.8. The predicted octanol–water partition coefficient (Wildman–Crippen LogP) is 16.7. The van der Waals surface area contributed by atoms with Gasteiger partial charge in [0, 0.05) is 27.8 Å². The quantitative estimate of drug-likeness (QED) is 0.167. The molecule has 8 aromatic rings. The molecule has 5 atom stereocenters. The van der Waals surface area contributed by atoms with E-state index in [1.54, 1.807) is 11.1 Å². The van der Waals surface area contributed by atoms with Crippen LogP contribution in [0.25, 0.3) is 55.6 Å². The van der Waals surface area contributed by atoms with Crippen LogP contribution in [-0.4, -0.2) is 0 Å². The van der Waals surface area contributed by atoms with Crippen LogP contribution in [0.15, 0.2) is 182 Å². The molecule has 0 radical (unpaired) electrons. The number of nitrogens with zero attached hydrogens (tertiary/aromatic N) is 2. The van der Waals surface area contributed by atoms with Gasteiger partial charge in [0.15, 0.2) is 0 Å². The third kappa shape index (κ3) is 6.05. The maximum absolute atomic E-state index is 9.42. The van der Waals surface area contributed by atoms with Crippen LogP contribution in [0.1, 0.15) is 81.2 Å². The molecule has 2 saturated carbocycles. The fourth-order valence-corrected chi connectivity index (χ4v) is 13.6. The average Bonchev–Trinajstić information content (AvgIpc) is 3.77. The predicted molar refractivity (Wildman–Crippen MR) is 270 cm³/mol. The summed E-state index contributed by atoms with van der Waals surface area (Å²) in [4.78, 5) is 2.45. The molecule has 0 saturated heterocycles. The first-order valence-corrected chi connectivity index (χ1v) is 23.8. The maximum Gasteiger partial charge on any atom is 0.0991 e. The molecule has 0 N–H and O–H groups in total. The van der Waals surface area contributed by atoms with Crippen molar-refractivity contribution < 1.29 is 0 Å². The standard InChI is InChI=1S/C63H54N2/c1-40-34-43-36-41(2)63(49(35-40)37-43)56-17-9-8-14-53(56)55-38-48(28-33-57(55)63)52-15-10-16-54-60-58(62(3,4)61(52)54)18-11-19-59(60)65(50-29-24-46(25-30-50)44-12-6-5-7-13-44)51-31-26-47(27-32-51)45-22-20-42(39-64)21-23-45/h5-33,38,40-41,43,49H,34-37H2,1-4H3. The molecule has 2 bridgehead atoms. The van der Waals surface area contributed by atoms with Crippen molar-refractivity contribution in [3.63, 3.8) is 0 Å². The Balaban J connectivity index is 0.997. The summed E-state index contributed by atoms with van der Waals surface area (Å²) in [6.07, 6.45) is 5.41. The van der Waals surface area contributed by atoms with Crippen molar-refractivity contribution in [2.24, 2.45) is 23.7 Å². The van der Waals surface area contributed by atoms with Crippen LogP contribution in [0.4, 0.5) is 17.1 Å². The molecule has 1 spiro atoms. The van der Waals surface area contributed by atoms with Crippen LogP contribution in [0.2, 0.25) is 0 Å². The van der Waals surface area contributed by atoms with Gasteiger partial charge in [-0.05, 0) is 170 Å². The van der Waals surface area contributed by atoms with Crippen molar-refractivity contribution in [2.75, 3.05) is 4.90 Å². The van der Waals surface area contributed by atoms with Crippen LogP contribution >= 0.6 is 0 Å². The molecule has 8 aromatic carbocycles. The highest BCUT2D eigenvalue weighted by Crippen LogP contribution is 2.65. The van der Waals surface area contributed by atoms with Gasteiger partial charge in [0.25, 0.3) is 0 Å². The SMILES string of the molecule is CC1CC2CC(C)C3(c4ccccc4-c4cc(-c5cccc6c5C(C)(C)c5cccc(N(c7ccc(-c8ccccc8)cc7)c7ccc(-c8ccc(C#N)cc8)cc7)c5-6)ccc43)C(C1)C2. The first kappa shape index (κ1) is 39.6. The van der Waals surface area contributed by atoms with Gasteiger partial charge >= 0.3 is 0 Å². The average molecular weight is 839 g/mol. The van der Waals surface area contributed by atoms with E-state index in [1.165, 1.54) is 87.0 Å². The lowest BCUT2D eigenvalue weighted by Gasteiger charge is -2.54. The van der Waals surface area contributed by atoms with Gasteiger partial charge in [0.2, 0.25) is 0 Å². The van der Waals surface area contributed by atoms with Crippen LogP contribution in [0.5, 0.6) is 0 Å². The molecule has 12 rings (SSSR count). The van der Waals surface area contributed by atoms with Gasteiger partial charge in [-0.3, -0.25) is 0 Å². The van der Waals surface area contributed by atoms with Crippen molar-refractivity contribution in [3.05, 3.63) is 210 Å². The summed E-state index contributed by atoms with van der Waals surface area (Å²) in [5.41, 5.74) is 22.5. The van der Waals surface area contributed by atoms with E-state index in [2.05, 4.69) is 196 Å². The van der Waals surface area contributed by atoms with Gasteiger partial charge in [0.05, 0.1) is 17.3 Å². The smallest absolute Gasteiger partial charge is 0.0991 e. The zero-order valence-electron chi connectivity index (χ0n) is 37.9. The zero-order valence-corrected chi connectivity index (χ0v) is 37.9. The molecule has 0 amide bonds. The summed E-state index contributed by atoms with van der Waals surface area (Å²) in [6, 6.07) is 69.7. The largest absolute Gasteiger partial charge is 0.310 e. The molecule has 65 heavy (non-hydrogen) atoms. The summed E-state index contributed by atoms with van der Waals surface area (Å²) in [5, 5.41) is 9.42. The Morgan fingerprint density at radius 3 is 1.77 bits per heavy atom. The van der Waals surface area contributed by atoms with Crippen molar-refractivity contribution in [1.29, 1.82) is 5.26 Å². The summed E-state index contributed by atoms with van der Waals surface area (Å²) in [5.74, 6) is 2.95. The second-order valence-corrected chi connectivity index (χ2v) is 20.2. The molecule has 4 aliphatic carbocycles. The monoisotopic (exact) mass is 838 g/mol. The molecule has 0 aliphatic heterocycles. The highest BCUT2D eigenvalue weighted by Gasteiger charge is 2.56. The van der Waals surface area contributed by atoms with Crippen LogP contribution in [-0.2, 0) is 10.8 Å². The van der Waals surface area contributed by atoms with E-state index >= 15 is 0 Å². The van der Waals surface area contributed by atoms with Gasteiger partial charge in [-0.25, -0.2) is 0 Å². The minimum Gasteiger partial charge on any atom is -0.310 e. The summed E-state index contributed by atoms with van der Waals surface area (Å²) in [7, 11) is 0. The zero-order chi connectivity index (χ0) is 44.0. The Hall–Kier alpha value is -6.95. The molecule has 0 heterocycles. The number of hydrogen-bond acceptors (Lipinski definition) is 2. The Labute approximate surface area is 384 Å². The number of anilines is 3. The molecule has 2 fully saturated rings. The third-order valence-corrected chi connectivity index (χ3v) is 16.2.